The molecule has 0 saturated carbocycles. The summed E-state index contributed by atoms with van der Waals surface area (Å²) in [6.45, 7) is 2.55. The van der Waals surface area contributed by atoms with Crippen molar-refractivity contribution < 1.29 is 14.1 Å². The van der Waals surface area contributed by atoms with Crippen molar-refractivity contribution in [2.75, 3.05) is 20.1 Å². The van der Waals surface area contributed by atoms with Crippen LogP contribution in [0, 0.1) is 5.92 Å². The zero-order valence-electron chi connectivity index (χ0n) is 15.3. The summed E-state index contributed by atoms with van der Waals surface area (Å²) < 4.78 is 5.21. The second-order valence-corrected chi connectivity index (χ2v) is 7.16. The molecule has 5 rings (SSSR count). The lowest BCUT2D eigenvalue weighted by molar-refractivity contribution is -0.140. The highest BCUT2D eigenvalue weighted by Gasteiger charge is 2.40. The predicted molar refractivity (Wildman–Crippen MR) is 96.5 cm³/mol. The van der Waals surface area contributed by atoms with Crippen molar-refractivity contribution in [2.45, 2.75) is 32.0 Å². The fraction of sp³-hybridized carbons (Fsp3) is 0.474. The molecule has 3 saturated heterocycles. The van der Waals surface area contributed by atoms with Crippen molar-refractivity contribution >= 4 is 11.8 Å². The third-order valence-electron chi connectivity index (χ3n) is 5.32. The molecule has 0 radical (unpaired) electrons. The Bertz CT molecular complexity index is 822. The van der Waals surface area contributed by atoms with Crippen LogP contribution in [0.4, 0.5) is 0 Å². The van der Waals surface area contributed by atoms with E-state index < -0.39 is 0 Å². The minimum absolute atomic E-state index is 0.00575. The summed E-state index contributed by atoms with van der Waals surface area (Å²) in [6, 6.07) is 10.3. The Balaban J connectivity index is 1.46. The van der Waals surface area contributed by atoms with Crippen molar-refractivity contribution in [2.24, 2.45) is 5.92 Å². The van der Waals surface area contributed by atoms with E-state index >= 15 is 0 Å². The quantitative estimate of drug-likeness (QED) is 0.847. The van der Waals surface area contributed by atoms with E-state index in [1.54, 1.807) is 0 Å². The van der Waals surface area contributed by atoms with Gasteiger partial charge in [-0.3, -0.25) is 14.5 Å². The van der Waals surface area contributed by atoms with Gasteiger partial charge in [-0.1, -0.05) is 35.5 Å². The number of benzene rings is 1. The Morgan fingerprint density at radius 3 is 2.81 bits per heavy atom. The highest BCUT2D eigenvalue weighted by molar-refractivity contribution is 5.89. The van der Waals surface area contributed by atoms with Gasteiger partial charge in [-0.05, 0) is 18.4 Å². The molecular weight excluding hydrogens is 346 g/mol. The number of fused-ring (bicyclic) bond motifs is 4. The molecule has 0 aliphatic carbocycles. The van der Waals surface area contributed by atoms with Crippen LogP contribution in [0.5, 0.6) is 0 Å². The number of carbonyl (C=O) groups excluding carboxylic acids is 2. The first-order chi connectivity index (χ1) is 13.1. The maximum Gasteiger partial charge on any atom is 0.292 e. The Labute approximate surface area is 157 Å². The van der Waals surface area contributed by atoms with Gasteiger partial charge in [0.1, 0.15) is 0 Å². The van der Waals surface area contributed by atoms with Crippen molar-refractivity contribution in [1.82, 2.24) is 25.3 Å². The molecule has 142 valence electrons. The van der Waals surface area contributed by atoms with Crippen LogP contribution in [0.25, 0.3) is 0 Å². The summed E-state index contributed by atoms with van der Waals surface area (Å²) >= 11 is 0. The number of piperidine rings is 1. The van der Waals surface area contributed by atoms with Gasteiger partial charge >= 0.3 is 0 Å². The molecule has 1 aromatic heterocycles. The van der Waals surface area contributed by atoms with Gasteiger partial charge in [-0.2, -0.15) is 4.98 Å². The number of carbonyl (C=O) groups is 2. The number of hydrogen-bond donors (Lipinski definition) is 1. The summed E-state index contributed by atoms with van der Waals surface area (Å²) in [4.78, 5) is 32.9. The highest BCUT2D eigenvalue weighted by Crippen LogP contribution is 2.31. The maximum absolute atomic E-state index is 12.9. The molecule has 2 amide bonds. The van der Waals surface area contributed by atoms with Gasteiger partial charge in [0.15, 0.2) is 0 Å². The second kappa shape index (κ2) is 7.48. The molecule has 4 heterocycles. The molecule has 2 atom stereocenters. The van der Waals surface area contributed by atoms with Gasteiger partial charge in [0.2, 0.25) is 11.8 Å². The van der Waals surface area contributed by atoms with Crippen molar-refractivity contribution in [3.63, 3.8) is 0 Å². The third kappa shape index (κ3) is 3.71. The molecule has 1 aromatic carbocycles. The van der Waals surface area contributed by atoms with E-state index in [2.05, 4.69) is 32.5 Å². The number of aromatic nitrogens is 2. The van der Waals surface area contributed by atoms with Crippen LogP contribution in [0.3, 0.4) is 0 Å². The van der Waals surface area contributed by atoms with Gasteiger partial charge in [0.25, 0.3) is 11.7 Å². The smallest absolute Gasteiger partial charge is 0.292 e. The Morgan fingerprint density at radius 2 is 2.04 bits per heavy atom. The van der Waals surface area contributed by atoms with Crippen LogP contribution >= 0.6 is 0 Å². The lowest BCUT2D eigenvalue weighted by Gasteiger charge is -2.36. The fourth-order valence-corrected chi connectivity index (χ4v) is 3.96. The van der Waals surface area contributed by atoms with E-state index in [0.717, 1.165) is 24.9 Å². The zero-order chi connectivity index (χ0) is 18.8. The molecule has 8 nitrogen and oxygen atoms in total. The van der Waals surface area contributed by atoms with Crippen molar-refractivity contribution in [3.8, 4) is 0 Å². The lowest BCUT2D eigenvalue weighted by Crippen LogP contribution is -2.47. The standard InChI is InChI=1S/C19H23N5O3/c1-20-18(25)17-21-16(27-22-17)12-23-10-14-7-8-15(11-23)24(19(14)26)9-13-5-3-2-4-6-13/h2-6,14-15H,7-12H2,1H3,(H,20,25)/t14-,15+/m1/s1. The first kappa shape index (κ1) is 17.7. The summed E-state index contributed by atoms with van der Waals surface area (Å²) in [7, 11) is 1.53. The second-order valence-electron chi connectivity index (χ2n) is 7.16. The molecule has 8 heteroatoms. The molecular formula is C19H23N5O3. The molecule has 2 aromatic rings. The topological polar surface area (TPSA) is 91.6 Å². The van der Waals surface area contributed by atoms with E-state index in [0.29, 0.717) is 25.5 Å². The first-order valence-corrected chi connectivity index (χ1v) is 9.25. The number of rotatable bonds is 5. The first-order valence-electron chi connectivity index (χ1n) is 9.25. The van der Waals surface area contributed by atoms with E-state index in [4.69, 9.17) is 4.52 Å². The predicted octanol–water partition coefficient (Wildman–Crippen LogP) is 1.05. The third-order valence-corrected chi connectivity index (χ3v) is 5.32. The lowest BCUT2D eigenvalue weighted by atomic mass is 9.93. The highest BCUT2D eigenvalue weighted by atomic mass is 16.5. The summed E-state index contributed by atoms with van der Waals surface area (Å²) in [6.07, 6.45) is 1.92. The number of nitrogens with one attached hydrogen (secondary N) is 1. The normalized spacial score (nSPS) is 22.7. The molecule has 27 heavy (non-hydrogen) atoms. The molecule has 3 fully saturated rings. The van der Waals surface area contributed by atoms with E-state index in [-0.39, 0.29) is 29.6 Å². The zero-order valence-corrected chi connectivity index (χ0v) is 15.3. The van der Waals surface area contributed by atoms with Gasteiger partial charge in [-0.25, -0.2) is 0 Å². The number of hydrogen-bond acceptors (Lipinski definition) is 6. The molecule has 1 N–H and O–H groups in total. The van der Waals surface area contributed by atoms with E-state index in [1.165, 1.54) is 7.05 Å². The molecule has 0 spiro atoms. The van der Waals surface area contributed by atoms with E-state index in [1.807, 2.05) is 23.1 Å². The van der Waals surface area contributed by atoms with Crippen LogP contribution in [-0.2, 0) is 17.9 Å². The molecule has 2 bridgehead atoms. The van der Waals surface area contributed by atoms with Crippen LogP contribution in [0.1, 0.15) is 34.9 Å². The average Bonchev–Trinajstić information content (AvgIpc) is 3.00. The monoisotopic (exact) mass is 369 g/mol. The van der Waals surface area contributed by atoms with Gasteiger partial charge in [-0.15, -0.1) is 0 Å². The van der Waals surface area contributed by atoms with Crippen LogP contribution in [0.15, 0.2) is 34.9 Å². The Kier molecular flexibility index (Phi) is 4.89. The largest absolute Gasteiger partial charge is 0.352 e. The summed E-state index contributed by atoms with van der Waals surface area (Å²) in [5.74, 6) is 0.289. The maximum atomic E-state index is 12.9. The van der Waals surface area contributed by atoms with Crippen LogP contribution in [-0.4, -0.2) is 57.9 Å². The average molecular weight is 369 g/mol. The number of nitrogens with zero attached hydrogens (tertiary/aromatic N) is 4. The van der Waals surface area contributed by atoms with E-state index in [9.17, 15) is 9.59 Å². The molecule has 3 aliphatic heterocycles. The van der Waals surface area contributed by atoms with Gasteiger partial charge in [0.05, 0.1) is 12.5 Å². The molecule has 3 aliphatic rings. The summed E-state index contributed by atoms with van der Waals surface area (Å²) in [5, 5.41) is 6.19. The fourth-order valence-electron chi connectivity index (χ4n) is 3.96. The van der Waals surface area contributed by atoms with Crippen molar-refractivity contribution in [3.05, 3.63) is 47.6 Å². The number of amides is 2. The Hall–Kier alpha value is -2.74. The minimum atomic E-state index is -0.370. The summed E-state index contributed by atoms with van der Waals surface area (Å²) in [5.41, 5.74) is 1.15. The SMILES string of the molecule is CNC(=O)c1noc(CN2C[C@H]3CC[C@@H](C2)N(Cc2ccccc2)C3=O)n1. The van der Waals surface area contributed by atoms with Gasteiger partial charge in [0, 0.05) is 32.7 Å². The minimum Gasteiger partial charge on any atom is -0.352 e. The van der Waals surface area contributed by atoms with Crippen molar-refractivity contribution in [1.29, 1.82) is 0 Å². The van der Waals surface area contributed by atoms with Crippen LogP contribution < -0.4 is 5.32 Å². The Morgan fingerprint density at radius 1 is 1.22 bits per heavy atom. The molecule has 0 unspecified atom stereocenters. The van der Waals surface area contributed by atoms with Gasteiger partial charge < -0.3 is 14.7 Å². The van der Waals surface area contributed by atoms with Crippen LogP contribution in [0.2, 0.25) is 0 Å².